The molecule has 0 atom stereocenters. The molecule has 7 heteroatoms. The zero-order chi connectivity index (χ0) is 11.4. The number of halogens is 2. The summed E-state index contributed by atoms with van der Waals surface area (Å²) < 4.78 is 1.27. The van der Waals surface area contributed by atoms with Gasteiger partial charge in [0.25, 0.3) is 5.91 Å². The van der Waals surface area contributed by atoms with Gasteiger partial charge in [-0.1, -0.05) is 0 Å². The van der Waals surface area contributed by atoms with Crippen molar-refractivity contribution in [3.63, 3.8) is 0 Å². The third-order valence-electron chi connectivity index (χ3n) is 1.48. The van der Waals surface area contributed by atoms with Crippen LogP contribution in [-0.2, 0) is 4.79 Å². The Hall–Kier alpha value is -0.950. The first-order valence-electron chi connectivity index (χ1n) is 3.88. The summed E-state index contributed by atoms with van der Waals surface area (Å²) in [5, 5.41) is 2.36. The first kappa shape index (κ1) is 12.1. The second-order valence-electron chi connectivity index (χ2n) is 2.65. The van der Waals surface area contributed by atoms with Gasteiger partial charge in [0, 0.05) is 6.20 Å². The minimum atomic E-state index is -0.590. The van der Waals surface area contributed by atoms with Crippen molar-refractivity contribution in [1.29, 1.82) is 0 Å². The SMILES string of the molecule is NC(=O)CNC(=O)c1cnc(Br)c(Br)c1. The van der Waals surface area contributed by atoms with Gasteiger partial charge in [0.05, 0.1) is 16.6 Å². The highest BCUT2D eigenvalue weighted by Gasteiger charge is 2.08. The largest absolute Gasteiger partial charge is 0.368 e. The Labute approximate surface area is 103 Å². The van der Waals surface area contributed by atoms with E-state index in [1.54, 1.807) is 6.07 Å². The molecule has 0 radical (unpaired) electrons. The Kier molecular flexibility index (Phi) is 4.22. The minimum absolute atomic E-state index is 0.188. The molecular weight excluding hydrogens is 330 g/mol. The second kappa shape index (κ2) is 5.22. The van der Waals surface area contributed by atoms with Crippen LogP contribution in [0.5, 0.6) is 0 Å². The molecule has 2 amide bonds. The second-order valence-corrected chi connectivity index (χ2v) is 4.25. The van der Waals surface area contributed by atoms with Gasteiger partial charge in [0.15, 0.2) is 0 Å². The quantitative estimate of drug-likeness (QED) is 0.801. The number of carbonyl (C=O) groups is 2. The number of nitrogens with zero attached hydrogens (tertiary/aromatic N) is 1. The first-order valence-corrected chi connectivity index (χ1v) is 5.47. The fraction of sp³-hybridized carbons (Fsp3) is 0.125. The number of primary amides is 1. The number of aromatic nitrogens is 1. The summed E-state index contributed by atoms with van der Waals surface area (Å²) in [5.74, 6) is -0.984. The summed E-state index contributed by atoms with van der Waals surface area (Å²) in [7, 11) is 0. The maximum Gasteiger partial charge on any atom is 0.253 e. The van der Waals surface area contributed by atoms with Crippen LogP contribution < -0.4 is 11.1 Å². The summed E-state index contributed by atoms with van der Waals surface area (Å²) in [5.41, 5.74) is 5.24. The number of hydrogen-bond acceptors (Lipinski definition) is 3. The lowest BCUT2D eigenvalue weighted by molar-refractivity contribution is -0.117. The monoisotopic (exact) mass is 335 g/mol. The molecule has 5 nitrogen and oxygen atoms in total. The number of carbonyl (C=O) groups excluding carboxylic acids is 2. The van der Waals surface area contributed by atoms with Gasteiger partial charge in [-0.15, -0.1) is 0 Å². The molecule has 1 aromatic rings. The molecule has 1 aromatic heterocycles. The summed E-state index contributed by atoms with van der Waals surface area (Å²) in [6.45, 7) is -0.188. The lowest BCUT2D eigenvalue weighted by atomic mass is 10.3. The van der Waals surface area contributed by atoms with Crippen molar-refractivity contribution in [2.75, 3.05) is 6.54 Å². The molecule has 3 N–H and O–H groups in total. The van der Waals surface area contributed by atoms with E-state index in [2.05, 4.69) is 42.2 Å². The van der Waals surface area contributed by atoms with Crippen LogP contribution in [0.15, 0.2) is 21.3 Å². The van der Waals surface area contributed by atoms with Crippen molar-refractivity contribution in [3.05, 3.63) is 26.9 Å². The lowest BCUT2D eigenvalue weighted by Crippen LogP contribution is -2.33. The molecule has 80 valence electrons. The highest BCUT2D eigenvalue weighted by atomic mass is 79.9. The van der Waals surface area contributed by atoms with Gasteiger partial charge >= 0.3 is 0 Å². The van der Waals surface area contributed by atoms with E-state index in [-0.39, 0.29) is 6.54 Å². The average molecular weight is 337 g/mol. The van der Waals surface area contributed by atoms with Gasteiger partial charge in [0.1, 0.15) is 4.60 Å². The van der Waals surface area contributed by atoms with Gasteiger partial charge in [0.2, 0.25) is 5.91 Å². The van der Waals surface area contributed by atoms with E-state index in [9.17, 15) is 9.59 Å². The van der Waals surface area contributed by atoms with Crippen molar-refractivity contribution < 1.29 is 9.59 Å². The van der Waals surface area contributed by atoms with E-state index in [0.29, 0.717) is 14.6 Å². The third-order valence-corrected chi connectivity index (χ3v) is 3.25. The van der Waals surface area contributed by atoms with Gasteiger partial charge < -0.3 is 11.1 Å². The number of hydrogen-bond donors (Lipinski definition) is 2. The average Bonchev–Trinajstić information content (AvgIpc) is 2.18. The maximum atomic E-state index is 11.4. The topological polar surface area (TPSA) is 85.1 Å². The Morgan fingerprint density at radius 3 is 2.67 bits per heavy atom. The molecule has 0 aliphatic heterocycles. The molecule has 0 bridgehead atoms. The third kappa shape index (κ3) is 3.60. The van der Waals surface area contributed by atoms with Crippen LogP contribution in [0.4, 0.5) is 0 Å². The van der Waals surface area contributed by atoms with Crippen LogP contribution >= 0.6 is 31.9 Å². The van der Waals surface area contributed by atoms with E-state index < -0.39 is 11.8 Å². The van der Waals surface area contributed by atoms with Gasteiger partial charge in [-0.2, -0.15) is 0 Å². The predicted molar refractivity (Wildman–Crippen MR) is 61.2 cm³/mol. The molecule has 0 saturated carbocycles. The summed E-state index contributed by atoms with van der Waals surface area (Å²) in [4.78, 5) is 25.8. The Morgan fingerprint density at radius 2 is 2.13 bits per heavy atom. The molecule has 0 aromatic carbocycles. The first-order chi connectivity index (χ1) is 7.00. The molecule has 0 aliphatic rings. The number of pyridine rings is 1. The molecule has 1 rings (SSSR count). The molecule has 0 spiro atoms. The van der Waals surface area contributed by atoms with Gasteiger partial charge in [-0.05, 0) is 37.9 Å². The molecule has 15 heavy (non-hydrogen) atoms. The van der Waals surface area contributed by atoms with E-state index >= 15 is 0 Å². The highest BCUT2D eigenvalue weighted by Crippen LogP contribution is 2.20. The summed E-state index contributed by atoms with van der Waals surface area (Å²) in [6, 6.07) is 1.59. The molecule has 0 saturated heterocycles. The summed E-state index contributed by atoms with van der Waals surface area (Å²) >= 11 is 6.39. The van der Waals surface area contributed by atoms with Crippen LogP contribution in [0.2, 0.25) is 0 Å². The Morgan fingerprint density at radius 1 is 1.47 bits per heavy atom. The van der Waals surface area contributed by atoms with Crippen molar-refractivity contribution in [3.8, 4) is 0 Å². The Bertz CT molecular complexity index is 409. The van der Waals surface area contributed by atoms with Crippen molar-refractivity contribution in [2.24, 2.45) is 5.73 Å². The van der Waals surface area contributed by atoms with Crippen molar-refractivity contribution in [1.82, 2.24) is 10.3 Å². The summed E-state index contributed by atoms with van der Waals surface area (Å²) in [6.07, 6.45) is 1.39. The number of nitrogens with two attached hydrogens (primary N) is 1. The van der Waals surface area contributed by atoms with E-state index in [1.165, 1.54) is 6.20 Å². The number of rotatable bonds is 3. The molecular formula is C8H7Br2N3O2. The van der Waals surface area contributed by atoms with Gasteiger partial charge in [-0.25, -0.2) is 4.98 Å². The zero-order valence-corrected chi connectivity index (χ0v) is 10.6. The minimum Gasteiger partial charge on any atom is -0.368 e. The standard InChI is InChI=1S/C8H7Br2N3O2/c9-5-1-4(2-12-7(5)10)8(15)13-3-6(11)14/h1-2H,3H2,(H2,11,14)(H,13,15). The van der Waals surface area contributed by atoms with E-state index in [0.717, 1.165) is 0 Å². The molecule has 0 unspecified atom stereocenters. The smallest absolute Gasteiger partial charge is 0.253 e. The molecule has 0 fully saturated rings. The van der Waals surface area contributed by atoms with Crippen LogP contribution in [0.3, 0.4) is 0 Å². The zero-order valence-electron chi connectivity index (χ0n) is 7.46. The van der Waals surface area contributed by atoms with Gasteiger partial charge in [-0.3, -0.25) is 9.59 Å². The normalized spacial score (nSPS) is 9.73. The number of nitrogens with one attached hydrogen (secondary N) is 1. The van der Waals surface area contributed by atoms with Crippen molar-refractivity contribution >= 4 is 43.7 Å². The lowest BCUT2D eigenvalue weighted by Gasteiger charge is -2.03. The predicted octanol–water partition coefficient (Wildman–Crippen LogP) is 0.822. The van der Waals surface area contributed by atoms with Crippen LogP contribution in [0.1, 0.15) is 10.4 Å². The van der Waals surface area contributed by atoms with Crippen LogP contribution in [0, 0.1) is 0 Å². The molecule has 0 aliphatic carbocycles. The van der Waals surface area contributed by atoms with Crippen molar-refractivity contribution in [2.45, 2.75) is 0 Å². The maximum absolute atomic E-state index is 11.4. The Balaban J connectivity index is 2.74. The van der Waals surface area contributed by atoms with E-state index in [4.69, 9.17) is 5.73 Å². The van der Waals surface area contributed by atoms with Crippen LogP contribution in [-0.4, -0.2) is 23.3 Å². The number of amides is 2. The van der Waals surface area contributed by atoms with E-state index in [1.807, 2.05) is 0 Å². The fourth-order valence-corrected chi connectivity index (χ4v) is 1.38. The van der Waals surface area contributed by atoms with Crippen LogP contribution in [0.25, 0.3) is 0 Å². The molecule has 1 heterocycles. The highest BCUT2D eigenvalue weighted by molar-refractivity contribution is 9.13. The fourth-order valence-electron chi connectivity index (χ4n) is 0.815.